The van der Waals surface area contributed by atoms with E-state index < -0.39 is 0 Å². The summed E-state index contributed by atoms with van der Waals surface area (Å²) in [5.74, 6) is 0. The van der Waals surface area contributed by atoms with Gasteiger partial charge in [-0.3, -0.25) is 0 Å². The maximum absolute atomic E-state index is 5.32. The number of unbranched alkanes of at least 4 members (excludes halogenated alkanes) is 3. The summed E-state index contributed by atoms with van der Waals surface area (Å²) in [6.45, 7) is 7.94. The normalized spacial score (nSPS) is 22.4. The Morgan fingerprint density at radius 2 is 2.06 bits per heavy atom. The van der Waals surface area contributed by atoms with Crippen LogP contribution in [0.25, 0.3) is 0 Å². The van der Waals surface area contributed by atoms with Crippen molar-refractivity contribution in [1.82, 2.24) is 10.6 Å². The first-order valence-corrected chi connectivity index (χ1v) is 7.49. The topological polar surface area (TPSA) is 24.1 Å². The Morgan fingerprint density at radius 3 is 2.65 bits per heavy atom. The first kappa shape index (κ1) is 14.7. The maximum atomic E-state index is 5.32. The monoisotopic (exact) mass is 256 g/mol. The van der Waals surface area contributed by atoms with Gasteiger partial charge < -0.3 is 10.6 Å². The first-order chi connectivity index (χ1) is 8.03. The fourth-order valence-corrected chi connectivity index (χ4v) is 2.82. The average Bonchev–Trinajstić information content (AvgIpc) is 2.57. The van der Waals surface area contributed by atoms with Gasteiger partial charge in [0.05, 0.1) is 0 Å². The van der Waals surface area contributed by atoms with Crippen LogP contribution in [0.5, 0.6) is 0 Å². The second kappa shape index (κ2) is 7.20. The van der Waals surface area contributed by atoms with E-state index in [-0.39, 0.29) is 0 Å². The maximum Gasteiger partial charge on any atom is 0.166 e. The fourth-order valence-electron chi connectivity index (χ4n) is 2.55. The van der Waals surface area contributed by atoms with Crippen LogP contribution in [0.1, 0.15) is 65.7 Å². The van der Waals surface area contributed by atoms with Gasteiger partial charge in [0.15, 0.2) is 5.11 Å². The molecular formula is C14H28N2S. The van der Waals surface area contributed by atoms with E-state index in [0.717, 1.165) is 11.7 Å². The van der Waals surface area contributed by atoms with Crippen LogP contribution in [-0.2, 0) is 0 Å². The van der Waals surface area contributed by atoms with Gasteiger partial charge in [-0.15, -0.1) is 0 Å². The van der Waals surface area contributed by atoms with E-state index >= 15 is 0 Å². The fraction of sp³-hybridized carbons (Fsp3) is 0.929. The average molecular weight is 256 g/mol. The molecule has 3 heteroatoms. The Kier molecular flexibility index (Phi) is 6.24. The molecule has 1 rings (SSSR count). The Morgan fingerprint density at radius 1 is 1.29 bits per heavy atom. The molecule has 0 saturated heterocycles. The third kappa shape index (κ3) is 6.25. The zero-order valence-corrected chi connectivity index (χ0v) is 12.5. The lowest BCUT2D eigenvalue weighted by molar-refractivity contribution is 0.372. The van der Waals surface area contributed by atoms with Gasteiger partial charge in [0.1, 0.15) is 0 Å². The third-order valence-corrected chi connectivity index (χ3v) is 3.88. The molecule has 0 aromatic heterocycles. The highest BCUT2D eigenvalue weighted by Crippen LogP contribution is 2.36. The van der Waals surface area contributed by atoms with Gasteiger partial charge in [-0.2, -0.15) is 0 Å². The summed E-state index contributed by atoms with van der Waals surface area (Å²) in [7, 11) is 0. The van der Waals surface area contributed by atoms with Gasteiger partial charge >= 0.3 is 0 Å². The summed E-state index contributed by atoms with van der Waals surface area (Å²) in [4.78, 5) is 0. The molecule has 0 aliphatic heterocycles. The lowest BCUT2D eigenvalue weighted by Crippen LogP contribution is -2.41. The third-order valence-electron chi connectivity index (χ3n) is 3.62. The molecule has 1 aliphatic rings. The molecule has 1 atom stereocenters. The molecule has 0 bridgehead atoms. The molecule has 0 radical (unpaired) electrons. The zero-order chi connectivity index (χ0) is 12.7. The van der Waals surface area contributed by atoms with E-state index in [1.165, 1.54) is 44.9 Å². The summed E-state index contributed by atoms with van der Waals surface area (Å²) >= 11 is 5.32. The highest BCUT2D eigenvalue weighted by Gasteiger charge is 2.30. The van der Waals surface area contributed by atoms with E-state index in [1.807, 2.05) is 0 Å². The van der Waals surface area contributed by atoms with Gasteiger partial charge in [-0.1, -0.05) is 40.0 Å². The SMILES string of the molecule is CCCCCCNC(=S)NC1CCC(C)(C)C1. The van der Waals surface area contributed by atoms with Crippen LogP contribution in [0.4, 0.5) is 0 Å². The van der Waals surface area contributed by atoms with E-state index in [0.29, 0.717) is 11.5 Å². The van der Waals surface area contributed by atoms with Crippen molar-refractivity contribution < 1.29 is 0 Å². The molecule has 1 fully saturated rings. The predicted octanol–water partition coefficient (Wildman–Crippen LogP) is 3.61. The highest BCUT2D eigenvalue weighted by molar-refractivity contribution is 7.80. The zero-order valence-electron chi connectivity index (χ0n) is 11.6. The molecule has 0 spiro atoms. The Balaban J connectivity index is 2.05. The van der Waals surface area contributed by atoms with Crippen LogP contribution < -0.4 is 10.6 Å². The molecule has 100 valence electrons. The molecular weight excluding hydrogens is 228 g/mol. The minimum atomic E-state index is 0.494. The summed E-state index contributed by atoms with van der Waals surface area (Å²) in [5, 5.41) is 7.61. The van der Waals surface area contributed by atoms with E-state index in [4.69, 9.17) is 12.2 Å². The second-order valence-electron chi connectivity index (χ2n) is 6.06. The summed E-state index contributed by atoms with van der Waals surface area (Å²) in [5.41, 5.74) is 0.494. The van der Waals surface area contributed by atoms with Crippen LogP contribution in [0.3, 0.4) is 0 Å². The minimum Gasteiger partial charge on any atom is -0.363 e. The second-order valence-corrected chi connectivity index (χ2v) is 6.47. The smallest absolute Gasteiger partial charge is 0.166 e. The largest absolute Gasteiger partial charge is 0.363 e. The van der Waals surface area contributed by atoms with Crippen LogP contribution >= 0.6 is 12.2 Å². The van der Waals surface area contributed by atoms with Crippen molar-refractivity contribution in [3.63, 3.8) is 0 Å². The lowest BCUT2D eigenvalue weighted by atomic mass is 9.92. The number of thiocarbonyl (C=S) groups is 1. The van der Waals surface area contributed by atoms with Crippen molar-refractivity contribution in [3.05, 3.63) is 0 Å². The Labute approximate surface area is 112 Å². The van der Waals surface area contributed by atoms with Crippen molar-refractivity contribution in [2.24, 2.45) is 5.41 Å². The number of rotatable bonds is 6. The highest BCUT2D eigenvalue weighted by atomic mass is 32.1. The quantitative estimate of drug-likeness (QED) is 0.561. The molecule has 0 aromatic rings. The first-order valence-electron chi connectivity index (χ1n) is 7.08. The number of nitrogens with one attached hydrogen (secondary N) is 2. The molecule has 2 nitrogen and oxygen atoms in total. The molecule has 17 heavy (non-hydrogen) atoms. The van der Waals surface area contributed by atoms with Gasteiger partial charge in [0.2, 0.25) is 0 Å². The van der Waals surface area contributed by atoms with Gasteiger partial charge in [0.25, 0.3) is 0 Å². The van der Waals surface area contributed by atoms with Crippen molar-refractivity contribution in [2.45, 2.75) is 71.8 Å². The van der Waals surface area contributed by atoms with E-state index in [2.05, 4.69) is 31.4 Å². The van der Waals surface area contributed by atoms with Gasteiger partial charge in [0, 0.05) is 12.6 Å². The van der Waals surface area contributed by atoms with Crippen molar-refractivity contribution in [1.29, 1.82) is 0 Å². The van der Waals surface area contributed by atoms with Crippen molar-refractivity contribution in [2.75, 3.05) is 6.54 Å². The van der Waals surface area contributed by atoms with Crippen LogP contribution in [-0.4, -0.2) is 17.7 Å². The molecule has 0 aromatic carbocycles. The molecule has 1 saturated carbocycles. The van der Waals surface area contributed by atoms with Crippen LogP contribution in [0.2, 0.25) is 0 Å². The summed E-state index contributed by atoms with van der Waals surface area (Å²) in [6.07, 6.45) is 8.96. The van der Waals surface area contributed by atoms with Gasteiger partial charge in [-0.25, -0.2) is 0 Å². The van der Waals surface area contributed by atoms with Crippen molar-refractivity contribution >= 4 is 17.3 Å². The summed E-state index contributed by atoms with van der Waals surface area (Å²) in [6, 6.07) is 0.584. The summed E-state index contributed by atoms with van der Waals surface area (Å²) < 4.78 is 0. The number of hydrogen-bond acceptors (Lipinski definition) is 1. The molecule has 2 N–H and O–H groups in total. The van der Waals surface area contributed by atoms with Crippen LogP contribution in [0, 0.1) is 5.41 Å². The molecule has 0 amide bonds. The lowest BCUT2D eigenvalue weighted by Gasteiger charge is -2.19. The molecule has 1 aliphatic carbocycles. The van der Waals surface area contributed by atoms with Gasteiger partial charge in [-0.05, 0) is 43.3 Å². The van der Waals surface area contributed by atoms with Crippen molar-refractivity contribution in [3.8, 4) is 0 Å². The number of hydrogen-bond donors (Lipinski definition) is 2. The molecule has 0 heterocycles. The van der Waals surface area contributed by atoms with Crippen LogP contribution in [0.15, 0.2) is 0 Å². The predicted molar refractivity (Wildman–Crippen MR) is 79.3 cm³/mol. The molecule has 1 unspecified atom stereocenters. The Bertz CT molecular complexity index is 238. The Hall–Kier alpha value is -0.310. The van der Waals surface area contributed by atoms with E-state index in [1.54, 1.807) is 0 Å². The van der Waals surface area contributed by atoms with E-state index in [9.17, 15) is 0 Å². The minimum absolute atomic E-state index is 0.494. The standard InChI is InChI=1S/C14H28N2S/c1-4-5-6-7-10-15-13(17)16-12-8-9-14(2,3)11-12/h12H,4-11H2,1-3H3,(H2,15,16,17).